The van der Waals surface area contributed by atoms with Crippen molar-refractivity contribution in [3.8, 4) is 5.75 Å². The Morgan fingerprint density at radius 2 is 1.88 bits per heavy atom. The lowest BCUT2D eigenvalue weighted by atomic mass is 10.1. The zero-order valence-electron chi connectivity index (χ0n) is 10.7. The molecule has 0 aliphatic rings. The van der Waals surface area contributed by atoms with E-state index in [2.05, 4.69) is 43.4 Å². The molecule has 0 heterocycles. The highest BCUT2D eigenvalue weighted by Crippen LogP contribution is 2.16. The van der Waals surface area contributed by atoms with Crippen molar-refractivity contribution in [2.24, 2.45) is 0 Å². The van der Waals surface area contributed by atoms with Crippen LogP contribution in [0.3, 0.4) is 0 Å². The van der Waals surface area contributed by atoms with Crippen LogP contribution in [0.15, 0.2) is 24.3 Å². The van der Waals surface area contributed by atoms with Gasteiger partial charge in [0.05, 0.1) is 7.11 Å². The molecule has 3 nitrogen and oxygen atoms in total. The highest BCUT2D eigenvalue weighted by molar-refractivity contribution is 5.28. The maximum absolute atomic E-state index is 5.13. The first-order chi connectivity index (χ1) is 7.63. The monoisotopic (exact) mass is 222 g/mol. The molecule has 0 unspecified atom stereocenters. The summed E-state index contributed by atoms with van der Waals surface area (Å²) >= 11 is 0. The fourth-order valence-corrected chi connectivity index (χ4v) is 1.52. The average Bonchev–Trinajstić information content (AvgIpc) is 2.28. The topological polar surface area (TPSA) is 24.5 Å². The molecule has 1 aromatic rings. The van der Waals surface area contributed by atoms with Crippen molar-refractivity contribution in [1.29, 1.82) is 0 Å². The van der Waals surface area contributed by atoms with Gasteiger partial charge in [-0.25, -0.2) is 0 Å². The van der Waals surface area contributed by atoms with Crippen LogP contribution < -0.4 is 10.1 Å². The average molecular weight is 222 g/mol. The normalized spacial score (nSPS) is 12.8. The number of hydrogen-bond donors (Lipinski definition) is 1. The van der Waals surface area contributed by atoms with Crippen LogP contribution >= 0.6 is 0 Å². The van der Waals surface area contributed by atoms with Crippen LogP contribution in [0.25, 0.3) is 0 Å². The number of rotatable bonds is 6. The van der Waals surface area contributed by atoms with E-state index in [0.717, 1.165) is 18.8 Å². The second kappa shape index (κ2) is 6.51. The SMILES string of the molecule is COc1ccc([C@@H](C)NCCN(C)C)cc1. The van der Waals surface area contributed by atoms with Crippen LogP contribution in [0.1, 0.15) is 18.5 Å². The van der Waals surface area contributed by atoms with E-state index >= 15 is 0 Å². The minimum atomic E-state index is 0.380. The third-order valence-electron chi connectivity index (χ3n) is 2.63. The lowest BCUT2D eigenvalue weighted by Crippen LogP contribution is -2.28. The van der Waals surface area contributed by atoms with Gasteiger partial charge in [0.15, 0.2) is 0 Å². The van der Waals surface area contributed by atoms with E-state index in [4.69, 9.17) is 4.74 Å². The minimum Gasteiger partial charge on any atom is -0.497 e. The molecule has 1 atom stereocenters. The summed E-state index contributed by atoms with van der Waals surface area (Å²) in [6.45, 7) is 4.23. The van der Waals surface area contributed by atoms with E-state index in [1.165, 1.54) is 5.56 Å². The van der Waals surface area contributed by atoms with Gasteiger partial charge in [-0.2, -0.15) is 0 Å². The maximum Gasteiger partial charge on any atom is 0.118 e. The summed E-state index contributed by atoms with van der Waals surface area (Å²) in [7, 11) is 5.85. The first-order valence-electron chi connectivity index (χ1n) is 5.65. The molecule has 0 radical (unpaired) electrons. The molecule has 1 rings (SSSR count). The van der Waals surface area contributed by atoms with Crippen LogP contribution in [0, 0.1) is 0 Å². The van der Waals surface area contributed by atoms with Crippen molar-refractivity contribution in [3.05, 3.63) is 29.8 Å². The predicted molar refractivity (Wildman–Crippen MR) is 68.0 cm³/mol. The van der Waals surface area contributed by atoms with Crippen LogP contribution in [0.2, 0.25) is 0 Å². The number of benzene rings is 1. The number of methoxy groups -OCH3 is 1. The number of hydrogen-bond acceptors (Lipinski definition) is 3. The zero-order chi connectivity index (χ0) is 12.0. The Kier molecular flexibility index (Phi) is 5.29. The molecule has 0 spiro atoms. The largest absolute Gasteiger partial charge is 0.497 e. The molecule has 1 N–H and O–H groups in total. The number of nitrogens with one attached hydrogen (secondary N) is 1. The molecular weight excluding hydrogens is 200 g/mol. The Hall–Kier alpha value is -1.06. The molecule has 0 aliphatic carbocycles. The lowest BCUT2D eigenvalue weighted by Gasteiger charge is -2.16. The molecule has 90 valence electrons. The molecule has 0 fully saturated rings. The molecule has 0 aromatic heterocycles. The van der Waals surface area contributed by atoms with E-state index < -0.39 is 0 Å². The Balaban J connectivity index is 2.43. The van der Waals surface area contributed by atoms with Gasteiger partial charge in [0.1, 0.15) is 5.75 Å². The summed E-state index contributed by atoms with van der Waals surface area (Å²) in [6.07, 6.45) is 0. The van der Waals surface area contributed by atoms with Gasteiger partial charge in [0.2, 0.25) is 0 Å². The number of ether oxygens (including phenoxy) is 1. The first kappa shape index (κ1) is 13.0. The lowest BCUT2D eigenvalue weighted by molar-refractivity contribution is 0.389. The molecule has 0 saturated carbocycles. The van der Waals surface area contributed by atoms with Crippen LogP contribution in [-0.4, -0.2) is 39.2 Å². The van der Waals surface area contributed by atoms with Crippen LogP contribution in [0.5, 0.6) is 5.75 Å². The van der Waals surface area contributed by atoms with E-state index in [9.17, 15) is 0 Å². The van der Waals surface area contributed by atoms with E-state index in [-0.39, 0.29) is 0 Å². The van der Waals surface area contributed by atoms with Gasteiger partial charge in [0.25, 0.3) is 0 Å². The summed E-state index contributed by atoms with van der Waals surface area (Å²) < 4.78 is 5.13. The van der Waals surface area contributed by atoms with Gasteiger partial charge in [-0.1, -0.05) is 12.1 Å². The van der Waals surface area contributed by atoms with E-state index in [1.807, 2.05) is 12.1 Å². The molecule has 0 bridgehead atoms. The third-order valence-corrected chi connectivity index (χ3v) is 2.63. The molecule has 3 heteroatoms. The van der Waals surface area contributed by atoms with E-state index in [0.29, 0.717) is 6.04 Å². The molecule has 0 amide bonds. The number of nitrogens with zero attached hydrogens (tertiary/aromatic N) is 1. The molecular formula is C13H22N2O. The molecule has 0 aliphatic heterocycles. The maximum atomic E-state index is 5.13. The van der Waals surface area contributed by atoms with Gasteiger partial charge in [0, 0.05) is 19.1 Å². The Morgan fingerprint density at radius 3 is 2.38 bits per heavy atom. The van der Waals surface area contributed by atoms with Gasteiger partial charge in [-0.05, 0) is 38.7 Å². The van der Waals surface area contributed by atoms with Crippen molar-refractivity contribution in [1.82, 2.24) is 10.2 Å². The van der Waals surface area contributed by atoms with Gasteiger partial charge in [-0.15, -0.1) is 0 Å². The quantitative estimate of drug-likeness (QED) is 0.795. The predicted octanol–water partition coefficient (Wildman–Crippen LogP) is 1.91. The van der Waals surface area contributed by atoms with Crippen LogP contribution in [0.4, 0.5) is 0 Å². The van der Waals surface area contributed by atoms with E-state index in [1.54, 1.807) is 7.11 Å². The Morgan fingerprint density at radius 1 is 1.25 bits per heavy atom. The second-order valence-corrected chi connectivity index (χ2v) is 4.25. The van der Waals surface area contributed by atoms with Crippen molar-refractivity contribution < 1.29 is 4.74 Å². The van der Waals surface area contributed by atoms with Gasteiger partial charge in [-0.3, -0.25) is 0 Å². The Bertz CT molecular complexity index is 295. The highest BCUT2D eigenvalue weighted by Gasteiger charge is 2.04. The molecule has 1 aromatic carbocycles. The molecule has 0 saturated heterocycles. The smallest absolute Gasteiger partial charge is 0.118 e. The summed E-state index contributed by atoms with van der Waals surface area (Å²) in [5.41, 5.74) is 1.29. The standard InChI is InChI=1S/C13H22N2O/c1-11(14-9-10-15(2)3)12-5-7-13(16-4)8-6-12/h5-8,11,14H,9-10H2,1-4H3/t11-/m1/s1. The fraction of sp³-hybridized carbons (Fsp3) is 0.538. The van der Waals surface area contributed by atoms with Crippen LogP contribution in [-0.2, 0) is 0 Å². The Labute approximate surface area is 98.4 Å². The summed E-state index contributed by atoms with van der Waals surface area (Å²) in [5, 5.41) is 3.49. The van der Waals surface area contributed by atoms with Gasteiger partial charge < -0.3 is 15.0 Å². The number of likely N-dealkylation sites (N-methyl/N-ethyl adjacent to an activating group) is 1. The minimum absolute atomic E-state index is 0.380. The van der Waals surface area contributed by atoms with Crippen molar-refractivity contribution in [3.63, 3.8) is 0 Å². The highest BCUT2D eigenvalue weighted by atomic mass is 16.5. The summed E-state index contributed by atoms with van der Waals surface area (Å²) in [5.74, 6) is 0.907. The fourth-order valence-electron chi connectivity index (χ4n) is 1.52. The van der Waals surface area contributed by atoms with Crippen molar-refractivity contribution in [2.45, 2.75) is 13.0 Å². The summed E-state index contributed by atoms with van der Waals surface area (Å²) in [4.78, 5) is 2.17. The van der Waals surface area contributed by atoms with Gasteiger partial charge >= 0.3 is 0 Å². The third kappa shape index (κ3) is 4.21. The van der Waals surface area contributed by atoms with Crippen molar-refractivity contribution >= 4 is 0 Å². The first-order valence-corrected chi connectivity index (χ1v) is 5.65. The zero-order valence-corrected chi connectivity index (χ0v) is 10.7. The second-order valence-electron chi connectivity index (χ2n) is 4.25. The summed E-state index contributed by atoms with van der Waals surface area (Å²) in [6, 6.07) is 8.59. The van der Waals surface area contributed by atoms with Crippen molar-refractivity contribution in [2.75, 3.05) is 34.3 Å². The molecule has 16 heavy (non-hydrogen) atoms.